The molecule has 7 heteroatoms. The lowest BCUT2D eigenvalue weighted by Gasteiger charge is -2.24. The summed E-state index contributed by atoms with van der Waals surface area (Å²) in [7, 11) is 0. The fourth-order valence-corrected chi connectivity index (χ4v) is 2.15. The lowest BCUT2D eigenvalue weighted by Crippen LogP contribution is -2.26. The highest BCUT2D eigenvalue weighted by molar-refractivity contribution is 5.56. The summed E-state index contributed by atoms with van der Waals surface area (Å²) in [4.78, 5) is 0. The van der Waals surface area contributed by atoms with Crippen molar-refractivity contribution < 1.29 is 13.2 Å². The van der Waals surface area contributed by atoms with Crippen molar-refractivity contribution >= 4 is 0 Å². The Bertz CT molecular complexity index is 621. The largest absolute Gasteiger partial charge is 0.416 e. The van der Waals surface area contributed by atoms with E-state index in [0.717, 1.165) is 12.1 Å². The summed E-state index contributed by atoms with van der Waals surface area (Å²) in [6.07, 6.45) is -4.35. The molecule has 1 heterocycles. The smallest absolute Gasteiger partial charge is 0.324 e. The van der Waals surface area contributed by atoms with E-state index >= 15 is 0 Å². The quantitative estimate of drug-likeness (QED) is 0.926. The van der Waals surface area contributed by atoms with Crippen molar-refractivity contribution in [2.75, 3.05) is 0 Å². The third kappa shape index (κ3) is 3.07. The van der Waals surface area contributed by atoms with Crippen LogP contribution in [0.2, 0.25) is 0 Å². The predicted octanol–water partition coefficient (Wildman–Crippen LogP) is 3.18. The number of nitrogens with zero attached hydrogens (tertiary/aromatic N) is 3. The molecule has 0 atom stereocenters. The van der Waals surface area contributed by atoms with Crippen molar-refractivity contribution in [1.82, 2.24) is 14.8 Å². The Kier molecular flexibility index (Phi) is 3.79. The predicted molar refractivity (Wildman–Crippen MR) is 73.3 cm³/mol. The van der Waals surface area contributed by atoms with Gasteiger partial charge in [0.2, 0.25) is 0 Å². The van der Waals surface area contributed by atoms with Crippen molar-refractivity contribution in [3.8, 4) is 11.4 Å². The number of hydrogen-bond donors (Lipinski definition) is 1. The second-order valence-electron chi connectivity index (χ2n) is 5.73. The van der Waals surface area contributed by atoms with Crippen LogP contribution >= 0.6 is 0 Å². The average Bonchev–Trinajstić information content (AvgIpc) is 2.81. The van der Waals surface area contributed by atoms with Crippen LogP contribution in [0.5, 0.6) is 0 Å². The zero-order chi connectivity index (χ0) is 15.8. The van der Waals surface area contributed by atoms with E-state index in [0.29, 0.717) is 17.2 Å². The number of rotatable bonds is 2. The molecule has 0 aliphatic heterocycles. The third-order valence-corrected chi connectivity index (χ3v) is 3.05. The van der Waals surface area contributed by atoms with Crippen LogP contribution in [0.15, 0.2) is 24.3 Å². The molecule has 0 radical (unpaired) electrons. The molecule has 2 aromatic rings. The number of benzene rings is 1. The summed E-state index contributed by atoms with van der Waals surface area (Å²) in [5, 5.41) is 8.08. The van der Waals surface area contributed by atoms with Gasteiger partial charge in [-0.2, -0.15) is 13.2 Å². The van der Waals surface area contributed by atoms with E-state index < -0.39 is 11.7 Å². The topological polar surface area (TPSA) is 56.7 Å². The van der Waals surface area contributed by atoms with Crippen LogP contribution in [0.25, 0.3) is 11.4 Å². The van der Waals surface area contributed by atoms with E-state index in [9.17, 15) is 13.2 Å². The molecule has 0 saturated heterocycles. The van der Waals surface area contributed by atoms with E-state index in [-0.39, 0.29) is 12.1 Å². The summed E-state index contributed by atoms with van der Waals surface area (Å²) >= 11 is 0. The van der Waals surface area contributed by atoms with E-state index in [4.69, 9.17) is 5.73 Å². The minimum atomic E-state index is -4.35. The third-order valence-electron chi connectivity index (χ3n) is 3.05. The monoisotopic (exact) mass is 298 g/mol. The van der Waals surface area contributed by atoms with Gasteiger partial charge in [0, 0.05) is 11.1 Å². The van der Waals surface area contributed by atoms with Crippen molar-refractivity contribution in [2.24, 2.45) is 5.73 Å². The van der Waals surface area contributed by atoms with Crippen LogP contribution < -0.4 is 5.73 Å². The molecule has 1 aromatic heterocycles. The summed E-state index contributed by atoms with van der Waals surface area (Å²) in [6.45, 7) is 6.10. The molecule has 2 rings (SSSR count). The highest BCUT2D eigenvalue weighted by Crippen LogP contribution is 2.31. The first kappa shape index (κ1) is 15.5. The molecule has 4 nitrogen and oxygen atoms in total. The van der Waals surface area contributed by atoms with Gasteiger partial charge in [-0.3, -0.25) is 0 Å². The molecule has 114 valence electrons. The highest BCUT2D eigenvalue weighted by Gasteiger charge is 2.30. The van der Waals surface area contributed by atoms with Gasteiger partial charge in [0.15, 0.2) is 5.82 Å². The van der Waals surface area contributed by atoms with Crippen LogP contribution in [0.4, 0.5) is 13.2 Å². The molecule has 0 spiro atoms. The maximum absolute atomic E-state index is 12.6. The fraction of sp³-hybridized carbons (Fsp3) is 0.429. The molecule has 0 fully saturated rings. The van der Waals surface area contributed by atoms with Gasteiger partial charge in [-0.1, -0.05) is 12.1 Å². The van der Waals surface area contributed by atoms with Crippen LogP contribution in [0.1, 0.15) is 32.2 Å². The molecule has 0 saturated carbocycles. The van der Waals surface area contributed by atoms with Gasteiger partial charge in [0.25, 0.3) is 0 Å². The first-order valence-corrected chi connectivity index (χ1v) is 6.47. The first-order chi connectivity index (χ1) is 9.64. The SMILES string of the molecule is CC(C)(C)n1c(CN)nnc1-c1ccc(C(F)(F)F)cc1. The van der Waals surface area contributed by atoms with Gasteiger partial charge in [0.05, 0.1) is 12.1 Å². The van der Waals surface area contributed by atoms with Gasteiger partial charge in [-0.25, -0.2) is 0 Å². The van der Waals surface area contributed by atoms with E-state index in [1.807, 2.05) is 25.3 Å². The molecule has 0 unspecified atom stereocenters. The number of halogens is 3. The summed E-state index contributed by atoms with van der Waals surface area (Å²) < 4.78 is 39.6. The van der Waals surface area contributed by atoms with Crippen LogP contribution in [0, 0.1) is 0 Å². The number of alkyl halides is 3. The Balaban J connectivity index is 2.50. The van der Waals surface area contributed by atoms with Crippen LogP contribution in [-0.4, -0.2) is 14.8 Å². The second kappa shape index (κ2) is 5.14. The second-order valence-corrected chi connectivity index (χ2v) is 5.73. The molecule has 1 aromatic carbocycles. The summed E-state index contributed by atoms with van der Waals surface area (Å²) in [5.74, 6) is 1.11. The fourth-order valence-electron chi connectivity index (χ4n) is 2.15. The normalized spacial score (nSPS) is 12.7. The van der Waals surface area contributed by atoms with Crippen molar-refractivity contribution in [2.45, 2.75) is 39.0 Å². The molecule has 0 aliphatic carbocycles. The van der Waals surface area contributed by atoms with Crippen LogP contribution in [0.3, 0.4) is 0 Å². The van der Waals surface area contributed by atoms with Gasteiger partial charge in [0.1, 0.15) is 5.82 Å². The molecule has 0 bridgehead atoms. The maximum Gasteiger partial charge on any atom is 0.416 e. The molecular formula is C14H17F3N4. The minimum absolute atomic E-state index is 0.213. The lowest BCUT2D eigenvalue weighted by atomic mass is 10.1. The standard InChI is InChI=1S/C14H17F3N4/c1-13(2,3)21-11(8-18)19-20-12(21)9-4-6-10(7-5-9)14(15,16)17/h4-7H,8,18H2,1-3H3. The van der Waals surface area contributed by atoms with Gasteiger partial charge in [-0.05, 0) is 32.9 Å². The number of nitrogens with two attached hydrogens (primary N) is 1. The Morgan fingerprint density at radius 1 is 1.05 bits per heavy atom. The highest BCUT2D eigenvalue weighted by atomic mass is 19.4. The maximum atomic E-state index is 12.6. The van der Waals surface area contributed by atoms with Gasteiger partial charge >= 0.3 is 6.18 Å². The Labute approximate surface area is 120 Å². The molecule has 21 heavy (non-hydrogen) atoms. The Morgan fingerprint density at radius 3 is 2.05 bits per heavy atom. The van der Waals surface area contributed by atoms with Gasteiger partial charge < -0.3 is 10.3 Å². The van der Waals surface area contributed by atoms with Crippen molar-refractivity contribution in [3.05, 3.63) is 35.7 Å². The van der Waals surface area contributed by atoms with E-state index in [1.54, 1.807) is 0 Å². The summed E-state index contributed by atoms with van der Waals surface area (Å²) in [5.41, 5.74) is 5.21. The zero-order valence-electron chi connectivity index (χ0n) is 12.1. The van der Waals surface area contributed by atoms with Crippen molar-refractivity contribution in [3.63, 3.8) is 0 Å². The van der Waals surface area contributed by atoms with Crippen molar-refractivity contribution in [1.29, 1.82) is 0 Å². The molecule has 2 N–H and O–H groups in total. The minimum Gasteiger partial charge on any atom is -0.324 e. The number of hydrogen-bond acceptors (Lipinski definition) is 3. The molecule has 0 aliphatic rings. The van der Waals surface area contributed by atoms with Crippen LogP contribution in [-0.2, 0) is 18.3 Å². The van der Waals surface area contributed by atoms with E-state index in [1.165, 1.54) is 12.1 Å². The zero-order valence-corrected chi connectivity index (χ0v) is 12.1. The number of aromatic nitrogens is 3. The lowest BCUT2D eigenvalue weighted by molar-refractivity contribution is -0.137. The molecule has 0 amide bonds. The Morgan fingerprint density at radius 2 is 1.62 bits per heavy atom. The molecular weight excluding hydrogens is 281 g/mol. The summed E-state index contributed by atoms with van der Waals surface area (Å²) in [6, 6.07) is 4.88. The Hall–Kier alpha value is -1.89. The van der Waals surface area contributed by atoms with E-state index in [2.05, 4.69) is 10.2 Å². The van der Waals surface area contributed by atoms with Gasteiger partial charge in [-0.15, -0.1) is 10.2 Å². The average molecular weight is 298 g/mol. The first-order valence-electron chi connectivity index (χ1n) is 6.47.